The van der Waals surface area contributed by atoms with Crippen LogP contribution < -0.4 is 0 Å². The zero-order valence-electron chi connectivity index (χ0n) is 17.7. The Morgan fingerprint density at radius 2 is 2.00 bits per heavy atom. The number of unbranched alkanes of at least 4 members (excludes halogenated alkanes) is 3. The minimum Gasteiger partial charge on any atom is -0.379 e. The van der Waals surface area contributed by atoms with Crippen LogP contribution in [0.1, 0.15) is 63.6 Å². The summed E-state index contributed by atoms with van der Waals surface area (Å²) in [7, 11) is 0. The van der Waals surface area contributed by atoms with Crippen molar-refractivity contribution in [3.8, 4) is 11.3 Å². The molecule has 29 heavy (non-hydrogen) atoms. The summed E-state index contributed by atoms with van der Waals surface area (Å²) in [4.78, 5) is 0. The minimum absolute atomic E-state index is 0.285. The second kappa shape index (κ2) is 13.0. The topological polar surface area (TPSA) is 35.0 Å². The molecule has 0 aliphatic carbocycles. The molecule has 0 N–H and O–H groups in total. The predicted octanol–water partition coefficient (Wildman–Crippen LogP) is 6.79. The molecule has 3 nitrogen and oxygen atoms in total. The molecule has 0 saturated carbocycles. The molecule has 156 valence electrons. The van der Waals surface area contributed by atoms with Crippen LogP contribution in [-0.4, -0.2) is 22.9 Å². The molecule has 1 aromatic carbocycles. The SMILES string of the molecule is C=CCc1ccc(-c2ccc(/C=C/CCCC(C)OCCCCC)cc2F)nn1. The zero-order chi connectivity index (χ0) is 20.9. The number of allylic oxidation sites excluding steroid dienone is 2. The van der Waals surface area contributed by atoms with Gasteiger partial charge in [-0.15, -0.1) is 6.58 Å². The van der Waals surface area contributed by atoms with E-state index in [1.807, 2.05) is 18.2 Å². The van der Waals surface area contributed by atoms with E-state index < -0.39 is 0 Å². The number of rotatable bonds is 13. The van der Waals surface area contributed by atoms with Crippen molar-refractivity contribution < 1.29 is 9.13 Å². The van der Waals surface area contributed by atoms with Gasteiger partial charge in [0.1, 0.15) is 5.82 Å². The molecule has 0 bridgehead atoms. The average Bonchev–Trinajstić information content (AvgIpc) is 2.72. The fraction of sp³-hybridized carbons (Fsp3) is 0.440. The molecule has 0 aliphatic rings. The molecule has 1 atom stereocenters. The van der Waals surface area contributed by atoms with Gasteiger partial charge in [0, 0.05) is 18.6 Å². The van der Waals surface area contributed by atoms with Gasteiger partial charge >= 0.3 is 0 Å². The fourth-order valence-electron chi connectivity index (χ4n) is 3.07. The highest BCUT2D eigenvalue weighted by molar-refractivity contribution is 5.63. The van der Waals surface area contributed by atoms with Gasteiger partial charge in [0.25, 0.3) is 0 Å². The number of hydrogen-bond donors (Lipinski definition) is 0. The molecule has 1 heterocycles. The van der Waals surface area contributed by atoms with Crippen LogP contribution in [0, 0.1) is 5.82 Å². The highest BCUT2D eigenvalue weighted by Gasteiger charge is 2.08. The fourth-order valence-corrected chi connectivity index (χ4v) is 3.07. The number of aromatic nitrogens is 2. The van der Waals surface area contributed by atoms with E-state index in [1.165, 1.54) is 12.8 Å². The summed E-state index contributed by atoms with van der Waals surface area (Å²) in [5.74, 6) is -0.285. The van der Waals surface area contributed by atoms with Gasteiger partial charge in [0.15, 0.2) is 0 Å². The van der Waals surface area contributed by atoms with E-state index >= 15 is 0 Å². The molecule has 0 radical (unpaired) electrons. The van der Waals surface area contributed by atoms with Crippen LogP contribution >= 0.6 is 0 Å². The molecule has 0 fully saturated rings. The number of hydrogen-bond acceptors (Lipinski definition) is 3. The highest BCUT2D eigenvalue weighted by Crippen LogP contribution is 2.22. The van der Waals surface area contributed by atoms with E-state index in [-0.39, 0.29) is 5.82 Å². The molecule has 0 saturated heterocycles. The van der Waals surface area contributed by atoms with Crippen molar-refractivity contribution in [1.82, 2.24) is 10.2 Å². The standard InChI is InChI=1S/C25H33FN2O/c1-4-6-10-18-29-20(3)12-8-7-9-13-21-14-16-23(24(26)19-21)25-17-15-22(11-5-2)27-28-25/h5,9,13-17,19-20H,2,4,6-8,10-12,18H2,1,3H3/b13-9+. The van der Waals surface area contributed by atoms with Crippen molar-refractivity contribution >= 4 is 6.08 Å². The van der Waals surface area contributed by atoms with Crippen molar-refractivity contribution in [2.45, 2.75) is 64.9 Å². The Bertz CT molecular complexity index is 771. The predicted molar refractivity (Wildman–Crippen MR) is 119 cm³/mol. The zero-order valence-corrected chi connectivity index (χ0v) is 17.7. The smallest absolute Gasteiger partial charge is 0.133 e. The molecule has 1 unspecified atom stereocenters. The largest absolute Gasteiger partial charge is 0.379 e. The number of nitrogens with zero attached hydrogens (tertiary/aromatic N) is 2. The first-order valence-electron chi connectivity index (χ1n) is 10.7. The first kappa shape index (κ1) is 23.0. The maximum atomic E-state index is 14.5. The lowest BCUT2D eigenvalue weighted by Gasteiger charge is -2.12. The van der Waals surface area contributed by atoms with Gasteiger partial charge in [0.2, 0.25) is 0 Å². The molecule has 2 rings (SSSR count). The Morgan fingerprint density at radius 1 is 1.14 bits per heavy atom. The van der Waals surface area contributed by atoms with Gasteiger partial charge in [-0.05, 0) is 62.4 Å². The molecule has 0 aliphatic heterocycles. The summed E-state index contributed by atoms with van der Waals surface area (Å²) in [6.07, 6.45) is 13.5. The average molecular weight is 397 g/mol. The Balaban J connectivity index is 1.80. The quantitative estimate of drug-likeness (QED) is 0.276. The van der Waals surface area contributed by atoms with Crippen LogP contribution in [-0.2, 0) is 11.2 Å². The first-order valence-corrected chi connectivity index (χ1v) is 10.7. The van der Waals surface area contributed by atoms with Crippen molar-refractivity contribution in [2.75, 3.05) is 6.61 Å². The second-order valence-electron chi connectivity index (χ2n) is 7.36. The molecular weight excluding hydrogens is 363 g/mol. The third-order valence-corrected chi connectivity index (χ3v) is 4.78. The van der Waals surface area contributed by atoms with Crippen LogP contribution in [0.4, 0.5) is 4.39 Å². The van der Waals surface area contributed by atoms with E-state index in [9.17, 15) is 4.39 Å². The molecule has 4 heteroatoms. The van der Waals surface area contributed by atoms with Crippen LogP contribution in [0.5, 0.6) is 0 Å². The molecule has 1 aromatic heterocycles. The summed E-state index contributed by atoms with van der Waals surface area (Å²) in [6, 6.07) is 8.87. The van der Waals surface area contributed by atoms with Gasteiger partial charge in [-0.2, -0.15) is 10.2 Å². The maximum Gasteiger partial charge on any atom is 0.133 e. The number of halogens is 1. The summed E-state index contributed by atoms with van der Waals surface area (Å²) in [5, 5.41) is 8.23. The van der Waals surface area contributed by atoms with Gasteiger partial charge in [-0.25, -0.2) is 4.39 Å². The van der Waals surface area contributed by atoms with E-state index in [4.69, 9.17) is 4.74 Å². The second-order valence-corrected chi connectivity index (χ2v) is 7.36. The maximum absolute atomic E-state index is 14.5. The lowest BCUT2D eigenvalue weighted by atomic mass is 10.1. The number of benzene rings is 1. The van der Waals surface area contributed by atoms with Crippen molar-refractivity contribution in [3.63, 3.8) is 0 Å². The van der Waals surface area contributed by atoms with E-state index in [2.05, 4.69) is 36.7 Å². The van der Waals surface area contributed by atoms with Crippen molar-refractivity contribution in [1.29, 1.82) is 0 Å². The third-order valence-electron chi connectivity index (χ3n) is 4.78. The van der Waals surface area contributed by atoms with Crippen LogP contribution in [0.15, 0.2) is 49.1 Å². The van der Waals surface area contributed by atoms with E-state index in [1.54, 1.807) is 24.3 Å². The lowest BCUT2D eigenvalue weighted by molar-refractivity contribution is 0.0566. The summed E-state index contributed by atoms with van der Waals surface area (Å²) < 4.78 is 20.3. The monoisotopic (exact) mass is 396 g/mol. The number of ether oxygens (including phenoxy) is 1. The Labute approximate surface area is 174 Å². The molecule has 2 aromatic rings. The first-order chi connectivity index (χ1) is 14.1. The summed E-state index contributed by atoms with van der Waals surface area (Å²) in [5.41, 5.74) is 2.68. The Morgan fingerprint density at radius 3 is 2.69 bits per heavy atom. The lowest BCUT2D eigenvalue weighted by Crippen LogP contribution is -2.08. The normalized spacial score (nSPS) is 12.4. The van der Waals surface area contributed by atoms with Gasteiger partial charge in [0.05, 0.1) is 17.5 Å². The van der Waals surface area contributed by atoms with Crippen LogP contribution in [0.2, 0.25) is 0 Å². The molecular formula is C25H33FN2O. The molecule has 0 amide bonds. The Hall–Kier alpha value is -2.33. The van der Waals surface area contributed by atoms with Gasteiger partial charge in [-0.1, -0.05) is 44.1 Å². The minimum atomic E-state index is -0.285. The van der Waals surface area contributed by atoms with E-state index in [0.717, 1.165) is 43.5 Å². The van der Waals surface area contributed by atoms with E-state index in [0.29, 0.717) is 23.8 Å². The van der Waals surface area contributed by atoms with Crippen LogP contribution in [0.3, 0.4) is 0 Å². The highest BCUT2D eigenvalue weighted by atomic mass is 19.1. The van der Waals surface area contributed by atoms with Gasteiger partial charge in [-0.3, -0.25) is 0 Å². The van der Waals surface area contributed by atoms with Crippen LogP contribution in [0.25, 0.3) is 17.3 Å². The van der Waals surface area contributed by atoms with Crippen molar-refractivity contribution in [2.24, 2.45) is 0 Å². The van der Waals surface area contributed by atoms with Crippen molar-refractivity contribution in [3.05, 3.63) is 66.1 Å². The molecule has 0 spiro atoms. The summed E-state index contributed by atoms with van der Waals surface area (Å²) in [6.45, 7) is 8.88. The Kier molecular flexibility index (Phi) is 10.3. The summed E-state index contributed by atoms with van der Waals surface area (Å²) >= 11 is 0. The van der Waals surface area contributed by atoms with Gasteiger partial charge < -0.3 is 4.74 Å². The third kappa shape index (κ3) is 8.28.